The van der Waals surface area contributed by atoms with Gasteiger partial charge < -0.3 is 0 Å². The van der Waals surface area contributed by atoms with E-state index in [-0.39, 0.29) is 6.17 Å². The maximum absolute atomic E-state index is 6.45. The first kappa shape index (κ1) is 14.9. The Morgan fingerprint density at radius 1 is 0.864 bits per heavy atom. The van der Waals surface area contributed by atoms with Crippen molar-refractivity contribution in [2.45, 2.75) is 33.9 Å². The van der Waals surface area contributed by atoms with E-state index in [0.29, 0.717) is 5.02 Å². The average Bonchev–Trinajstić information content (AvgIpc) is 2.95. The summed E-state index contributed by atoms with van der Waals surface area (Å²) >= 11 is 6.45. The molecule has 0 amide bonds. The summed E-state index contributed by atoms with van der Waals surface area (Å²) in [6.45, 7) is 8.09. The molecule has 3 aromatic rings. The highest BCUT2D eigenvalue weighted by Crippen LogP contribution is 2.29. The van der Waals surface area contributed by atoms with Gasteiger partial charge >= 0.3 is 0 Å². The molecular formula is C17H19ClN4. The van der Waals surface area contributed by atoms with Crippen molar-refractivity contribution in [2.24, 2.45) is 0 Å². The third kappa shape index (κ3) is 2.55. The Labute approximate surface area is 135 Å². The van der Waals surface area contributed by atoms with Crippen LogP contribution in [-0.4, -0.2) is 19.6 Å². The molecule has 0 bridgehead atoms. The third-order valence-corrected chi connectivity index (χ3v) is 4.08. The van der Waals surface area contributed by atoms with Gasteiger partial charge in [0.25, 0.3) is 0 Å². The van der Waals surface area contributed by atoms with Gasteiger partial charge in [0, 0.05) is 22.0 Å². The average molecular weight is 315 g/mol. The fraction of sp³-hybridized carbons (Fsp3) is 0.294. The predicted molar refractivity (Wildman–Crippen MR) is 88.4 cm³/mol. The fourth-order valence-electron chi connectivity index (χ4n) is 2.84. The van der Waals surface area contributed by atoms with Crippen molar-refractivity contribution in [1.82, 2.24) is 19.6 Å². The normalized spacial score (nSPS) is 11.4. The van der Waals surface area contributed by atoms with Crippen molar-refractivity contribution in [2.75, 3.05) is 0 Å². The van der Waals surface area contributed by atoms with Gasteiger partial charge in [-0.1, -0.05) is 29.8 Å². The van der Waals surface area contributed by atoms with Crippen LogP contribution in [0.5, 0.6) is 0 Å². The number of nitrogens with zero attached hydrogens (tertiary/aromatic N) is 4. The molecule has 0 fully saturated rings. The lowest BCUT2D eigenvalue weighted by molar-refractivity contribution is 0.401. The lowest BCUT2D eigenvalue weighted by atomic mass is 10.1. The van der Waals surface area contributed by atoms with Crippen LogP contribution in [0, 0.1) is 27.7 Å². The Balaban J connectivity index is 2.25. The number of hydrogen-bond acceptors (Lipinski definition) is 2. The lowest BCUT2D eigenvalue weighted by Crippen LogP contribution is -2.24. The van der Waals surface area contributed by atoms with Crippen LogP contribution in [0.2, 0.25) is 5.02 Å². The Morgan fingerprint density at radius 3 is 1.77 bits per heavy atom. The molecule has 0 N–H and O–H groups in total. The zero-order valence-corrected chi connectivity index (χ0v) is 14.0. The summed E-state index contributed by atoms with van der Waals surface area (Å²) in [5, 5.41) is 10.0. The number of rotatable bonds is 3. The maximum atomic E-state index is 6.45. The minimum Gasteiger partial charge on any atom is -0.240 e. The molecule has 1 aromatic carbocycles. The van der Waals surface area contributed by atoms with Crippen LogP contribution in [-0.2, 0) is 0 Å². The Bertz CT molecular complexity index is 770. The summed E-state index contributed by atoms with van der Waals surface area (Å²) in [5.41, 5.74) is 5.11. The molecule has 0 saturated heterocycles. The highest BCUT2D eigenvalue weighted by molar-refractivity contribution is 6.31. The van der Waals surface area contributed by atoms with Crippen molar-refractivity contribution >= 4 is 11.6 Å². The molecule has 3 rings (SSSR count). The van der Waals surface area contributed by atoms with Gasteiger partial charge in [0.1, 0.15) is 0 Å². The Hall–Kier alpha value is -2.07. The molecule has 0 unspecified atom stereocenters. The van der Waals surface area contributed by atoms with Crippen LogP contribution in [0.1, 0.15) is 34.5 Å². The van der Waals surface area contributed by atoms with E-state index >= 15 is 0 Å². The molecule has 114 valence electrons. The van der Waals surface area contributed by atoms with E-state index in [1.807, 2.05) is 47.5 Å². The molecule has 0 aliphatic rings. The standard InChI is InChI=1S/C17H19ClN4/c1-11-9-13(3)21(19-11)17(15-7-5-6-8-16(15)18)22-14(4)10-12(2)20-22/h5-10,17H,1-4H3. The van der Waals surface area contributed by atoms with E-state index in [1.165, 1.54) is 0 Å². The summed E-state index contributed by atoms with van der Waals surface area (Å²) in [4.78, 5) is 0. The van der Waals surface area contributed by atoms with Crippen molar-refractivity contribution in [3.63, 3.8) is 0 Å². The number of hydrogen-bond donors (Lipinski definition) is 0. The molecule has 0 atom stereocenters. The second-order valence-electron chi connectivity index (χ2n) is 5.64. The van der Waals surface area contributed by atoms with Crippen molar-refractivity contribution in [1.29, 1.82) is 0 Å². The molecular weight excluding hydrogens is 296 g/mol. The summed E-state index contributed by atoms with van der Waals surface area (Å²) in [7, 11) is 0. The summed E-state index contributed by atoms with van der Waals surface area (Å²) < 4.78 is 3.96. The molecule has 0 spiro atoms. The smallest absolute Gasteiger partial charge is 0.170 e. The quantitative estimate of drug-likeness (QED) is 0.730. The highest BCUT2D eigenvalue weighted by atomic mass is 35.5. The van der Waals surface area contributed by atoms with E-state index in [1.54, 1.807) is 0 Å². The second kappa shape index (κ2) is 5.61. The second-order valence-corrected chi connectivity index (χ2v) is 6.05. The van der Waals surface area contributed by atoms with Gasteiger partial charge in [-0.25, -0.2) is 9.36 Å². The van der Waals surface area contributed by atoms with E-state index in [0.717, 1.165) is 28.3 Å². The molecule has 2 heterocycles. The molecule has 2 aromatic heterocycles. The van der Waals surface area contributed by atoms with Crippen LogP contribution >= 0.6 is 11.6 Å². The van der Waals surface area contributed by atoms with Crippen LogP contribution < -0.4 is 0 Å². The molecule has 5 heteroatoms. The number of halogens is 1. The van der Waals surface area contributed by atoms with Gasteiger partial charge in [-0.3, -0.25) is 0 Å². The minimum absolute atomic E-state index is 0.184. The van der Waals surface area contributed by atoms with E-state index in [2.05, 4.69) is 36.2 Å². The van der Waals surface area contributed by atoms with Gasteiger partial charge in [0.2, 0.25) is 0 Å². The number of benzene rings is 1. The van der Waals surface area contributed by atoms with Crippen LogP contribution in [0.4, 0.5) is 0 Å². The predicted octanol–water partition coefficient (Wildman–Crippen LogP) is 4.06. The zero-order valence-electron chi connectivity index (χ0n) is 13.2. The summed E-state index contributed by atoms with van der Waals surface area (Å²) in [6, 6.07) is 12.0. The number of aryl methyl sites for hydroxylation is 4. The molecule has 0 saturated carbocycles. The van der Waals surface area contributed by atoms with Crippen molar-refractivity contribution in [3.8, 4) is 0 Å². The van der Waals surface area contributed by atoms with E-state index in [4.69, 9.17) is 11.6 Å². The van der Waals surface area contributed by atoms with Gasteiger partial charge in [-0.15, -0.1) is 0 Å². The Kier molecular flexibility index (Phi) is 3.79. The SMILES string of the molecule is Cc1cc(C)n(C(c2ccccc2Cl)n2nc(C)cc2C)n1. The largest absolute Gasteiger partial charge is 0.240 e. The van der Waals surface area contributed by atoms with Crippen LogP contribution in [0.15, 0.2) is 36.4 Å². The minimum atomic E-state index is -0.184. The highest BCUT2D eigenvalue weighted by Gasteiger charge is 2.23. The topological polar surface area (TPSA) is 35.6 Å². The van der Waals surface area contributed by atoms with Gasteiger partial charge in [-0.2, -0.15) is 10.2 Å². The van der Waals surface area contributed by atoms with Gasteiger partial charge in [0.05, 0.1) is 11.4 Å². The van der Waals surface area contributed by atoms with Crippen LogP contribution in [0.3, 0.4) is 0 Å². The first-order chi connectivity index (χ1) is 10.5. The first-order valence-electron chi connectivity index (χ1n) is 7.27. The van der Waals surface area contributed by atoms with Crippen LogP contribution in [0.25, 0.3) is 0 Å². The maximum Gasteiger partial charge on any atom is 0.170 e. The molecule has 0 aliphatic heterocycles. The van der Waals surface area contributed by atoms with E-state index in [9.17, 15) is 0 Å². The Morgan fingerprint density at radius 2 is 1.36 bits per heavy atom. The lowest BCUT2D eigenvalue weighted by Gasteiger charge is -2.23. The molecule has 0 aliphatic carbocycles. The number of aromatic nitrogens is 4. The molecule has 22 heavy (non-hydrogen) atoms. The van der Waals surface area contributed by atoms with Crippen molar-refractivity contribution < 1.29 is 0 Å². The fourth-order valence-corrected chi connectivity index (χ4v) is 3.07. The third-order valence-electron chi connectivity index (χ3n) is 3.74. The van der Waals surface area contributed by atoms with E-state index < -0.39 is 0 Å². The van der Waals surface area contributed by atoms with Gasteiger partial charge in [-0.05, 0) is 45.9 Å². The first-order valence-corrected chi connectivity index (χ1v) is 7.65. The summed E-state index contributed by atoms with van der Waals surface area (Å²) in [6.07, 6.45) is -0.184. The summed E-state index contributed by atoms with van der Waals surface area (Å²) in [5.74, 6) is 0. The van der Waals surface area contributed by atoms with Gasteiger partial charge in [0.15, 0.2) is 6.17 Å². The monoisotopic (exact) mass is 314 g/mol. The molecule has 0 radical (unpaired) electrons. The molecule has 4 nitrogen and oxygen atoms in total. The van der Waals surface area contributed by atoms with Crippen molar-refractivity contribution in [3.05, 3.63) is 69.8 Å². The zero-order chi connectivity index (χ0) is 15.9.